The summed E-state index contributed by atoms with van der Waals surface area (Å²) >= 11 is 6.33. The molecule has 0 fully saturated rings. The van der Waals surface area contributed by atoms with Gasteiger partial charge in [0, 0.05) is 25.0 Å². The minimum absolute atomic E-state index is 0.104. The number of benzene rings is 2. The predicted molar refractivity (Wildman–Crippen MR) is 127 cm³/mol. The molecule has 174 valence electrons. The Morgan fingerprint density at radius 2 is 1.72 bits per heavy atom. The highest BCUT2D eigenvalue weighted by Gasteiger charge is 2.28. The molecule has 2 amide bonds. The second-order valence-corrected chi connectivity index (χ2v) is 7.71. The molecule has 2 aromatic rings. The average Bonchev–Trinajstić information content (AvgIpc) is 2.80. The summed E-state index contributed by atoms with van der Waals surface area (Å²) in [6.45, 7) is 7.09. The Kier molecular flexibility index (Phi) is 10.3. The molecule has 1 atom stereocenters. The van der Waals surface area contributed by atoms with Gasteiger partial charge >= 0.3 is 0 Å². The number of carbonyl (C=O) groups is 2. The Morgan fingerprint density at radius 1 is 1.03 bits per heavy atom. The summed E-state index contributed by atoms with van der Waals surface area (Å²) in [5.41, 5.74) is 1.78. The van der Waals surface area contributed by atoms with Crippen LogP contribution in [0, 0.1) is 0 Å². The fourth-order valence-corrected chi connectivity index (χ4v) is 3.74. The van der Waals surface area contributed by atoms with E-state index < -0.39 is 6.04 Å². The van der Waals surface area contributed by atoms with Crippen molar-refractivity contribution in [3.05, 3.63) is 58.6 Å². The Labute approximate surface area is 195 Å². The fourth-order valence-electron chi connectivity index (χ4n) is 3.54. The van der Waals surface area contributed by atoms with Crippen molar-refractivity contribution in [3.8, 4) is 11.5 Å². The molecule has 0 saturated heterocycles. The van der Waals surface area contributed by atoms with Gasteiger partial charge in [-0.3, -0.25) is 9.59 Å². The number of hydrogen-bond donors (Lipinski definition) is 1. The number of nitrogens with zero attached hydrogens (tertiary/aromatic N) is 1. The van der Waals surface area contributed by atoms with Crippen LogP contribution in [-0.4, -0.2) is 43.0 Å². The van der Waals surface area contributed by atoms with Crippen LogP contribution in [0.2, 0.25) is 5.02 Å². The number of likely N-dealkylation sites (N-methyl/N-ethyl adjacent to an activating group) is 1. The van der Waals surface area contributed by atoms with Crippen molar-refractivity contribution in [2.24, 2.45) is 0 Å². The zero-order chi connectivity index (χ0) is 23.5. The molecule has 0 saturated carbocycles. The molecule has 6 nitrogen and oxygen atoms in total. The van der Waals surface area contributed by atoms with Gasteiger partial charge in [-0.2, -0.15) is 0 Å². The lowest BCUT2D eigenvalue weighted by Crippen LogP contribution is -2.48. The van der Waals surface area contributed by atoms with Crippen molar-refractivity contribution in [3.63, 3.8) is 0 Å². The maximum absolute atomic E-state index is 13.3. The summed E-state index contributed by atoms with van der Waals surface area (Å²) in [6.07, 6.45) is 1.29. The van der Waals surface area contributed by atoms with Crippen molar-refractivity contribution in [2.75, 3.05) is 20.3 Å². The molecule has 0 radical (unpaired) electrons. The lowest BCUT2D eigenvalue weighted by Gasteiger charge is -2.30. The van der Waals surface area contributed by atoms with Crippen molar-refractivity contribution in [1.82, 2.24) is 10.2 Å². The standard InChI is InChI=1S/C25H33ClN2O4/c1-5-21(25(30)27-4)28(17-19-10-8-9-11-20(19)26)24(29)15-13-18-12-14-22(31-6-2)23(16-18)32-7-3/h8-12,14,16,21H,5-7,13,15,17H2,1-4H3,(H,27,30)/t21-/m0/s1. The molecule has 0 heterocycles. The number of nitrogens with one attached hydrogen (secondary N) is 1. The Bertz CT molecular complexity index is 903. The molecule has 7 heteroatoms. The molecule has 0 aliphatic rings. The summed E-state index contributed by atoms with van der Waals surface area (Å²) in [7, 11) is 1.58. The van der Waals surface area contributed by atoms with E-state index in [1.54, 1.807) is 18.0 Å². The smallest absolute Gasteiger partial charge is 0.242 e. The molecule has 0 aromatic heterocycles. The first-order chi connectivity index (χ1) is 15.4. The number of carbonyl (C=O) groups excluding carboxylic acids is 2. The van der Waals surface area contributed by atoms with E-state index in [9.17, 15) is 9.59 Å². The SMILES string of the molecule is CCOc1ccc(CCC(=O)N(Cc2ccccc2Cl)[C@@H](CC)C(=O)NC)cc1OCC. The largest absolute Gasteiger partial charge is 0.490 e. The first kappa shape index (κ1) is 25.5. The third-order valence-electron chi connectivity index (χ3n) is 5.17. The van der Waals surface area contributed by atoms with Crippen LogP contribution in [0.25, 0.3) is 0 Å². The monoisotopic (exact) mass is 460 g/mol. The van der Waals surface area contributed by atoms with Crippen LogP contribution in [0.15, 0.2) is 42.5 Å². The predicted octanol–water partition coefficient (Wildman–Crippen LogP) is 4.62. The van der Waals surface area contributed by atoms with E-state index in [-0.39, 0.29) is 24.8 Å². The van der Waals surface area contributed by atoms with Crippen LogP contribution in [0.5, 0.6) is 11.5 Å². The van der Waals surface area contributed by atoms with Crippen LogP contribution in [0.3, 0.4) is 0 Å². The van der Waals surface area contributed by atoms with Gasteiger partial charge in [-0.05, 0) is 56.0 Å². The highest BCUT2D eigenvalue weighted by atomic mass is 35.5. The molecule has 0 aliphatic heterocycles. The first-order valence-corrected chi connectivity index (χ1v) is 11.5. The van der Waals surface area contributed by atoms with Gasteiger partial charge in [-0.25, -0.2) is 0 Å². The second-order valence-electron chi connectivity index (χ2n) is 7.30. The number of halogens is 1. The second kappa shape index (κ2) is 13.0. The van der Waals surface area contributed by atoms with Gasteiger partial charge in [0.15, 0.2) is 11.5 Å². The Morgan fingerprint density at radius 3 is 2.34 bits per heavy atom. The van der Waals surface area contributed by atoms with Gasteiger partial charge in [0.2, 0.25) is 11.8 Å². The molecule has 0 unspecified atom stereocenters. The Hall–Kier alpha value is -2.73. The number of hydrogen-bond acceptors (Lipinski definition) is 4. The zero-order valence-corrected chi connectivity index (χ0v) is 20.1. The summed E-state index contributed by atoms with van der Waals surface area (Å²) in [5, 5.41) is 3.24. The van der Waals surface area contributed by atoms with Crippen molar-refractivity contribution < 1.29 is 19.1 Å². The minimum Gasteiger partial charge on any atom is -0.490 e. The van der Waals surface area contributed by atoms with Crippen LogP contribution >= 0.6 is 11.6 Å². The zero-order valence-electron chi connectivity index (χ0n) is 19.3. The van der Waals surface area contributed by atoms with Crippen LogP contribution in [-0.2, 0) is 22.6 Å². The van der Waals surface area contributed by atoms with E-state index in [0.29, 0.717) is 42.6 Å². The molecule has 2 aromatic carbocycles. The van der Waals surface area contributed by atoms with Gasteiger partial charge in [0.25, 0.3) is 0 Å². The quantitative estimate of drug-likeness (QED) is 0.501. The van der Waals surface area contributed by atoms with Crippen molar-refractivity contribution in [2.45, 2.75) is 52.6 Å². The maximum Gasteiger partial charge on any atom is 0.242 e. The first-order valence-electron chi connectivity index (χ1n) is 11.1. The van der Waals surface area contributed by atoms with Gasteiger partial charge in [-0.15, -0.1) is 0 Å². The lowest BCUT2D eigenvalue weighted by molar-refractivity contribution is -0.141. The number of ether oxygens (including phenoxy) is 2. The third kappa shape index (κ3) is 6.89. The highest BCUT2D eigenvalue weighted by molar-refractivity contribution is 6.31. The molecular weight excluding hydrogens is 428 g/mol. The van der Waals surface area contributed by atoms with Crippen molar-refractivity contribution in [1.29, 1.82) is 0 Å². The van der Waals surface area contributed by atoms with E-state index in [4.69, 9.17) is 21.1 Å². The molecule has 0 spiro atoms. The van der Waals surface area contributed by atoms with Crippen molar-refractivity contribution >= 4 is 23.4 Å². The number of amides is 2. The number of rotatable bonds is 12. The topological polar surface area (TPSA) is 67.9 Å². The molecular formula is C25H33ClN2O4. The molecule has 1 N–H and O–H groups in total. The number of aryl methyl sites for hydroxylation is 1. The highest BCUT2D eigenvalue weighted by Crippen LogP contribution is 2.29. The lowest BCUT2D eigenvalue weighted by atomic mass is 10.1. The van der Waals surface area contributed by atoms with Crippen LogP contribution in [0.4, 0.5) is 0 Å². The molecule has 0 aliphatic carbocycles. The van der Waals surface area contributed by atoms with Crippen LogP contribution < -0.4 is 14.8 Å². The average molecular weight is 461 g/mol. The molecule has 0 bridgehead atoms. The third-order valence-corrected chi connectivity index (χ3v) is 5.53. The molecule has 32 heavy (non-hydrogen) atoms. The van der Waals surface area contributed by atoms with Gasteiger partial charge in [0.1, 0.15) is 6.04 Å². The van der Waals surface area contributed by atoms with Gasteiger partial charge in [0.05, 0.1) is 13.2 Å². The molecule has 2 rings (SSSR count). The van der Waals surface area contributed by atoms with Crippen LogP contribution in [0.1, 0.15) is 44.7 Å². The summed E-state index contributed by atoms with van der Waals surface area (Å²) in [4.78, 5) is 27.4. The van der Waals surface area contributed by atoms with E-state index in [1.807, 2.05) is 57.2 Å². The summed E-state index contributed by atoms with van der Waals surface area (Å²) in [6, 6.07) is 12.5. The van der Waals surface area contributed by atoms with E-state index in [0.717, 1.165) is 11.1 Å². The Balaban J connectivity index is 2.21. The maximum atomic E-state index is 13.3. The van der Waals surface area contributed by atoms with Gasteiger partial charge < -0.3 is 19.7 Å². The van der Waals surface area contributed by atoms with E-state index in [1.165, 1.54) is 0 Å². The minimum atomic E-state index is -0.567. The van der Waals surface area contributed by atoms with E-state index in [2.05, 4.69) is 5.32 Å². The van der Waals surface area contributed by atoms with E-state index >= 15 is 0 Å². The summed E-state index contributed by atoms with van der Waals surface area (Å²) in [5.74, 6) is 1.07. The fraction of sp³-hybridized carbons (Fsp3) is 0.440. The summed E-state index contributed by atoms with van der Waals surface area (Å²) < 4.78 is 11.3. The normalized spacial score (nSPS) is 11.5. The van der Waals surface area contributed by atoms with Gasteiger partial charge in [-0.1, -0.05) is 42.8 Å².